The second-order valence-electron chi connectivity index (χ2n) is 8.15. The summed E-state index contributed by atoms with van der Waals surface area (Å²) in [4.78, 5) is 19.5. The van der Waals surface area contributed by atoms with Gasteiger partial charge in [0.05, 0.1) is 7.11 Å². The Morgan fingerprint density at radius 1 is 0.710 bits per heavy atom. The van der Waals surface area contributed by atoms with Crippen molar-refractivity contribution in [2.45, 2.75) is 13.1 Å². The molecule has 2 aliphatic rings. The molecule has 0 radical (unpaired) electrons. The molecule has 1 amide bonds. The van der Waals surface area contributed by atoms with Crippen LogP contribution in [0.4, 0.5) is 11.4 Å². The maximum absolute atomic E-state index is 12.8. The van der Waals surface area contributed by atoms with Gasteiger partial charge in [-0.3, -0.25) is 4.79 Å². The van der Waals surface area contributed by atoms with E-state index in [9.17, 15) is 4.79 Å². The van der Waals surface area contributed by atoms with Crippen molar-refractivity contribution in [2.75, 3.05) is 43.1 Å². The standard InChI is InChI=1S/C26H27N3O2/c1-31-25-12-6-20(7-13-25)26(30)28-16-14-27(15-17-28)23-8-10-24(11-9-23)29-18-21-4-2-3-5-22(21)19-29/h2-13H,14-19H2,1H3. The molecule has 0 aliphatic carbocycles. The average Bonchev–Trinajstić information content (AvgIpc) is 3.28. The molecule has 0 unspecified atom stereocenters. The summed E-state index contributed by atoms with van der Waals surface area (Å²) in [5.41, 5.74) is 6.03. The van der Waals surface area contributed by atoms with Gasteiger partial charge in [0.15, 0.2) is 0 Å². The lowest BCUT2D eigenvalue weighted by molar-refractivity contribution is 0.0747. The second kappa shape index (κ2) is 8.34. The first kappa shape index (κ1) is 19.5. The second-order valence-corrected chi connectivity index (χ2v) is 8.15. The Bertz CT molecular complexity index is 1030. The van der Waals surface area contributed by atoms with Gasteiger partial charge in [-0.1, -0.05) is 24.3 Å². The number of hydrogen-bond donors (Lipinski definition) is 0. The number of amides is 1. The molecule has 0 atom stereocenters. The van der Waals surface area contributed by atoms with E-state index in [1.54, 1.807) is 7.11 Å². The number of carbonyl (C=O) groups excluding carboxylic acids is 1. The Labute approximate surface area is 183 Å². The highest BCUT2D eigenvalue weighted by molar-refractivity contribution is 5.94. The quantitative estimate of drug-likeness (QED) is 0.643. The van der Waals surface area contributed by atoms with Crippen molar-refractivity contribution < 1.29 is 9.53 Å². The lowest BCUT2D eigenvalue weighted by Gasteiger charge is -2.36. The van der Waals surface area contributed by atoms with Crippen molar-refractivity contribution in [2.24, 2.45) is 0 Å². The Balaban J connectivity index is 1.18. The molecule has 158 valence electrons. The highest BCUT2D eigenvalue weighted by atomic mass is 16.5. The van der Waals surface area contributed by atoms with E-state index in [0.29, 0.717) is 5.56 Å². The molecular formula is C26H27N3O2. The number of anilines is 2. The van der Waals surface area contributed by atoms with Crippen LogP contribution < -0.4 is 14.5 Å². The maximum atomic E-state index is 12.8. The zero-order chi connectivity index (χ0) is 21.2. The van der Waals surface area contributed by atoms with Gasteiger partial charge in [0.2, 0.25) is 0 Å². The predicted molar refractivity (Wildman–Crippen MR) is 124 cm³/mol. The number of piperazine rings is 1. The van der Waals surface area contributed by atoms with E-state index in [4.69, 9.17) is 4.74 Å². The Morgan fingerprint density at radius 2 is 1.26 bits per heavy atom. The number of ether oxygens (including phenoxy) is 1. The molecule has 5 heteroatoms. The van der Waals surface area contributed by atoms with Crippen LogP contribution in [0.5, 0.6) is 5.75 Å². The third-order valence-corrected chi connectivity index (χ3v) is 6.32. The highest BCUT2D eigenvalue weighted by Crippen LogP contribution is 2.29. The molecule has 5 rings (SSSR count). The average molecular weight is 414 g/mol. The minimum absolute atomic E-state index is 0.0891. The zero-order valence-corrected chi connectivity index (χ0v) is 17.8. The van der Waals surface area contributed by atoms with Gasteiger partial charge in [0.1, 0.15) is 5.75 Å². The monoisotopic (exact) mass is 413 g/mol. The Hall–Kier alpha value is -3.47. The fraction of sp³-hybridized carbons (Fsp3) is 0.269. The summed E-state index contributed by atoms with van der Waals surface area (Å²) in [5.74, 6) is 0.855. The normalized spacial score (nSPS) is 15.7. The van der Waals surface area contributed by atoms with E-state index in [2.05, 4.69) is 58.3 Å². The van der Waals surface area contributed by atoms with Gasteiger partial charge in [0.25, 0.3) is 5.91 Å². The van der Waals surface area contributed by atoms with E-state index in [0.717, 1.165) is 45.0 Å². The van der Waals surface area contributed by atoms with Crippen molar-refractivity contribution in [1.82, 2.24) is 4.90 Å². The number of nitrogens with zero attached hydrogens (tertiary/aromatic N) is 3. The van der Waals surface area contributed by atoms with E-state index < -0.39 is 0 Å². The van der Waals surface area contributed by atoms with Crippen molar-refractivity contribution in [3.63, 3.8) is 0 Å². The minimum atomic E-state index is 0.0891. The lowest BCUT2D eigenvalue weighted by atomic mass is 10.1. The van der Waals surface area contributed by atoms with E-state index in [-0.39, 0.29) is 5.91 Å². The number of methoxy groups -OCH3 is 1. The summed E-state index contributed by atoms with van der Waals surface area (Å²) in [6.45, 7) is 5.10. The maximum Gasteiger partial charge on any atom is 0.253 e. The van der Waals surface area contributed by atoms with Gasteiger partial charge < -0.3 is 19.4 Å². The Morgan fingerprint density at radius 3 is 1.81 bits per heavy atom. The molecule has 1 saturated heterocycles. The van der Waals surface area contributed by atoms with Gasteiger partial charge >= 0.3 is 0 Å². The largest absolute Gasteiger partial charge is 0.497 e. The molecular weight excluding hydrogens is 386 g/mol. The van der Waals surface area contributed by atoms with Gasteiger partial charge in [-0.2, -0.15) is 0 Å². The molecule has 0 bridgehead atoms. The number of rotatable bonds is 4. The number of fused-ring (bicyclic) bond motifs is 1. The van der Waals surface area contributed by atoms with Crippen molar-refractivity contribution in [1.29, 1.82) is 0 Å². The molecule has 2 aliphatic heterocycles. The fourth-order valence-electron chi connectivity index (χ4n) is 4.47. The molecule has 0 N–H and O–H groups in total. The van der Waals surface area contributed by atoms with E-state index in [1.807, 2.05) is 29.2 Å². The molecule has 31 heavy (non-hydrogen) atoms. The number of benzene rings is 3. The summed E-state index contributed by atoms with van der Waals surface area (Å²) >= 11 is 0. The molecule has 3 aromatic carbocycles. The van der Waals surface area contributed by atoms with Crippen LogP contribution in [0.1, 0.15) is 21.5 Å². The molecule has 0 spiro atoms. The summed E-state index contributed by atoms with van der Waals surface area (Å²) in [7, 11) is 1.63. The predicted octanol–water partition coefficient (Wildman–Crippen LogP) is 4.18. The fourth-order valence-corrected chi connectivity index (χ4v) is 4.47. The zero-order valence-electron chi connectivity index (χ0n) is 17.8. The first-order chi connectivity index (χ1) is 15.2. The number of hydrogen-bond acceptors (Lipinski definition) is 4. The summed E-state index contributed by atoms with van der Waals surface area (Å²) in [6, 6.07) is 24.9. The number of carbonyl (C=O) groups is 1. The topological polar surface area (TPSA) is 36.0 Å². The van der Waals surface area contributed by atoms with Gasteiger partial charge in [0, 0.05) is 56.2 Å². The first-order valence-corrected chi connectivity index (χ1v) is 10.8. The van der Waals surface area contributed by atoms with Gasteiger partial charge in [-0.05, 0) is 59.7 Å². The van der Waals surface area contributed by atoms with E-state index >= 15 is 0 Å². The van der Waals surface area contributed by atoms with Crippen LogP contribution in [0, 0.1) is 0 Å². The van der Waals surface area contributed by atoms with Crippen molar-refractivity contribution >= 4 is 17.3 Å². The van der Waals surface area contributed by atoms with Crippen LogP contribution in [0.3, 0.4) is 0 Å². The third-order valence-electron chi connectivity index (χ3n) is 6.32. The van der Waals surface area contributed by atoms with Gasteiger partial charge in [-0.15, -0.1) is 0 Å². The summed E-state index contributed by atoms with van der Waals surface area (Å²) in [5, 5.41) is 0. The molecule has 0 saturated carbocycles. The van der Waals surface area contributed by atoms with Crippen LogP contribution >= 0.6 is 0 Å². The van der Waals surface area contributed by atoms with Crippen molar-refractivity contribution in [3.8, 4) is 5.75 Å². The van der Waals surface area contributed by atoms with Gasteiger partial charge in [-0.25, -0.2) is 0 Å². The molecule has 0 aromatic heterocycles. The first-order valence-electron chi connectivity index (χ1n) is 10.8. The SMILES string of the molecule is COc1ccc(C(=O)N2CCN(c3ccc(N4Cc5ccccc5C4)cc3)CC2)cc1. The molecule has 2 heterocycles. The molecule has 1 fully saturated rings. The highest BCUT2D eigenvalue weighted by Gasteiger charge is 2.23. The smallest absolute Gasteiger partial charge is 0.253 e. The van der Waals surface area contributed by atoms with Crippen LogP contribution in [-0.2, 0) is 13.1 Å². The van der Waals surface area contributed by atoms with Crippen LogP contribution in [0.2, 0.25) is 0 Å². The van der Waals surface area contributed by atoms with Crippen LogP contribution in [0.15, 0.2) is 72.8 Å². The third kappa shape index (κ3) is 3.96. The summed E-state index contributed by atoms with van der Waals surface area (Å²) in [6.07, 6.45) is 0. The molecule has 3 aromatic rings. The van der Waals surface area contributed by atoms with Crippen LogP contribution in [0.25, 0.3) is 0 Å². The Kier molecular flexibility index (Phi) is 5.24. The summed E-state index contributed by atoms with van der Waals surface area (Å²) < 4.78 is 5.18. The van der Waals surface area contributed by atoms with E-state index in [1.165, 1.54) is 22.5 Å². The van der Waals surface area contributed by atoms with Crippen LogP contribution in [-0.4, -0.2) is 44.1 Å². The van der Waals surface area contributed by atoms with Crippen molar-refractivity contribution in [3.05, 3.63) is 89.5 Å². The minimum Gasteiger partial charge on any atom is -0.497 e. The lowest BCUT2D eigenvalue weighted by Crippen LogP contribution is -2.48. The molecule has 5 nitrogen and oxygen atoms in total.